The molecule has 1 saturated heterocycles. The van der Waals surface area contributed by atoms with E-state index in [1.54, 1.807) is 0 Å². The van der Waals surface area contributed by atoms with E-state index in [9.17, 15) is 5.11 Å². The first kappa shape index (κ1) is 12.1. The number of aliphatic hydroxyl groups excluding tert-OH is 1. The maximum atomic E-state index is 9.37. The lowest BCUT2D eigenvalue weighted by Gasteiger charge is -2.39. The molecule has 4 heteroatoms. The number of aromatic nitrogens is 1. The lowest BCUT2D eigenvalue weighted by atomic mass is 10.0. The molecule has 0 bridgehead atoms. The third-order valence-electron chi connectivity index (χ3n) is 4.18. The van der Waals surface area contributed by atoms with Crippen molar-refractivity contribution in [1.29, 1.82) is 0 Å². The van der Waals surface area contributed by atoms with Crippen molar-refractivity contribution in [3.05, 3.63) is 30.1 Å². The number of nitrogens with zero attached hydrogens (tertiary/aromatic N) is 2. The van der Waals surface area contributed by atoms with Crippen molar-refractivity contribution in [3.63, 3.8) is 0 Å². The molecule has 98 valence electrons. The number of ether oxygens (including phenoxy) is 1. The maximum Gasteiger partial charge on any atom is 0.0780 e. The van der Waals surface area contributed by atoms with Crippen LogP contribution in [0, 0.1) is 5.92 Å². The molecule has 0 amide bonds. The van der Waals surface area contributed by atoms with Crippen LogP contribution in [0.15, 0.2) is 24.5 Å². The van der Waals surface area contributed by atoms with E-state index in [-0.39, 0.29) is 12.7 Å². The standard InChI is InChI=1S/C14H20N2O2/c17-10-12-3-4-13-14(12)18-7-6-16(13)9-11-2-1-5-15-8-11/h1-2,5,8,12-14,17H,3-4,6-7,9-10H2/t12-,13+,14-/m0/s1. The molecule has 1 aliphatic carbocycles. The second-order valence-electron chi connectivity index (χ2n) is 5.25. The molecule has 18 heavy (non-hydrogen) atoms. The van der Waals surface area contributed by atoms with Gasteiger partial charge in [-0.2, -0.15) is 0 Å². The Morgan fingerprint density at radius 3 is 3.17 bits per heavy atom. The normalized spacial score (nSPS) is 32.4. The molecule has 1 aromatic heterocycles. The van der Waals surface area contributed by atoms with Crippen molar-refractivity contribution in [3.8, 4) is 0 Å². The number of pyridine rings is 1. The Bertz CT molecular complexity index is 385. The highest BCUT2D eigenvalue weighted by molar-refractivity contribution is 5.09. The lowest BCUT2D eigenvalue weighted by molar-refractivity contribution is -0.0830. The molecule has 1 aromatic rings. The van der Waals surface area contributed by atoms with Crippen molar-refractivity contribution in [2.45, 2.75) is 31.5 Å². The molecule has 0 radical (unpaired) electrons. The molecule has 3 rings (SSSR count). The van der Waals surface area contributed by atoms with Gasteiger partial charge in [0.15, 0.2) is 0 Å². The zero-order valence-corrected chi connectivity index (χ0v) is 10.5. The van der Waals surface area contributed by atoms with Crippen molar-refractivity contribution < 1.29 is 9.84 Å². The van der Waals surface area contributed by atoms with Gasteiger partial charge in [0.25, 0.3) is 0 Å². The number of hydrogen-bond donors (Lipinski definition) is 1. The van der Waals surface area contributed by atoms with Crippen LogP contribution >= 0.6 is 0 Å². The smallest absolute Gasteiger partial charge is 0.0780 e. The van der Waals surface area contributed by atoms with Crippen LogP contribution in [0.1, 0.15) is 18.4 Å². The van der Waals surface area contributed by atoms with Gasteiger partial charge in [0.2, 0.25) is 0 Å². The highest BCUT2D eigenvalue weighted by Gasteiger charge is 2.42. The minimum absolute atomic E-state index is 0.223. The fourth-order valence-electron chi connectivity index (χ4n) is 3.25. The molecule has 2 heterocycles. The third kappa shape index (κ3) is 2.28. The fourth-order valence-corrected chi connectivity index (χ4v) is 3.25. The lowest BCUT2D eigenvalue weighted by Crippen LogP contribution is -2.50. The second-order valence-corrected chi connectivity index (χ2v) is 5.25. The summed E-state index contributed by atoms with van der Waals surface area (Å²) in [6, 6.07) is 4.57. The Labute approximate surface area is 108 Å². The van der Waals surface area contributed by atoms with Crippen molar-refractivity contribution in [1.82, 2.24) is 9.88 Å². The first-order valence-electron chi connectivity index (χ1n) is 6.74. The average molecular weight is 248 g/mol. The van der Waals surface area contributed by atoms with Gasteiger partial charge in [0.1, 0.15) is 0 Å². The fraction of sp³-hybridized carbons (Fsp3) is 0.643. The monoisotopic (exact) mass is 248 g/mol. The van der Waals surface area contributed by atoms with Gasteiger partial charge in [-0.1, -0.05) is 6.07 Å². The summed E-state index contributed by atoms with van der Waals surface area (Å²) in [5.74, 6) is 0.326. The number of hydrogen-bond acceptors (Lipinski definition) is 4. The summed E-state index contributed by atoms with van der Waals surface area (Å²) in [6.45, 7) is 2.95. The highest BCUT2D eigenvalue weighted by atomic mass is 16.5. The number of morpholine rings is 1. The van der Waals surface area contributed by atoms with Crippen LogP contribution in [0.4, 0.5) is 0 Å². The molecule has 0 aromatic carbocycles. The summed E-state index contributed by atoms with van der Waals surface area (Å²) in [6.07, 6.45) is 6.18. The molecule has 1 saturated carbocycles. The third-order valence-corrected chi connectivity index (χ3v) is 4.18. The minimum atomic E-state index is 0.223. The van der Waals surface area contributed by atoms with Gasteiger partial charge in [0, 0.05) is 44.0 Å². The van der Waals surface area contributed by atoms with Crippen molar-refractivity contribution >= 4 is 0 Å². The van der Waals surface area contributed by atoms with Crippen LogP contribution in [0.25, 0.3) is 0 Å². The molecule has 0 unspecified atom stereocenters. The van der Waals surface area contributed by atoms with Crippen LogP contribution in [-0.2, 0) is 11.3 Å². The van der Waals surface area contributed by atoms with Gasteiger partial charge in [-0.15, -0.1) is 0 Å². The van der Waals surface area contributed by atoms with E-state index in [0.29, 0.717) is 12.0 Å². The quantitative estimate of drug-likeness (QED) is 0.868. The molecule has 1 aliphatic heterocycles. The van der Waals surface area contributed by atoms with Gasteiger partial charge < -0.3 is 9.84 Å². The highest BCUT2D eigenvalue weighted by Crippen LogP contribution is 2.34. The summed E-state index contributed by atoms with van der Waals surface area (Å²) in [5, 5.41) is 9.37. The second kappa shape index (κ2) is 5.34. The van der Waals surface area contributed by atoms with Crippen LogP contribution in [0.3, 0.4) is 0 Å². The topological polar surface area (TPSA) is 45.6 Å². The first-order chi connectivity index (χ1) is 8.88. The Kier molecular flexibility index (Phi) is 3.59. The molecule has 1 N–H and O–H groups in total. The van der Waals surface area contributed by atoms with Crippen LogP contribution in [0.2, 0.25) is 0 Å². The zero-order valence-electron chi connectivity index (χ0n) is 10.5. The Hall–Kier alpha value is -0.970. The molecule has 2 aliphatic rings. The summed E-state index contributed by atoms with van der Waals surface area (Å²) < 4.78 is 5.86. The van der Waals surface area contributed by atoms with Crippen LogP contribution in [-0.4, -0.2) is 46.9 Å². The predicted octanol–water partition coefficient (Wildman–Crippen LogP) is 1.05. The molecule has 0 spiro atoms. The van der Waals surface area contributed by atoms with Gasteiger partial charge in [-0.3, -0.25) is 9.88 Å². The minimum Gasteiger partial charge on any atom is -0.396 e. The Morgan fingerprint density at radius 2 is 2.39 bits per heavy atom. The van der Waals surface area contributed by atoms with E-state index in [2.05, 4.69) is 16.0 Å². The van der Waals surface area contributed by atoms with E-state index in [1.165, 1.54) is 5.56 Å². The zero-order chi connectivity index (χ0) is 12.4. The van der Waals surface area contributed by atoms with Gasteiger partial charge >= 0.3 is 0 Å². The predicted molar refractivity (Wildman–Crippen MR) is 68.0 cm³/mol. The molecule has 4 nitrogen and oxygen atoms in total. The molecular weight excluding hydrogens is 228 g/mol. The Morgan fingerprint density at radius 1 is 1.44 bits per heavy atom. The summed E-state index contributed by atoms with van der Waals surface area (Å²) in [7, 11) is 0. The summed E-state index contributed by atoms with van der Waals surface area (Å²) >= 11 is 0. The van der Waals surface area contributed by atoms with E-state index >= 15 is 0 Å². The summed E-state index contributed by atoms with van der Waals surface area (Å²) in [4.78, 5) is 6.66. The SMILES string of the molecule is OC[C@@H]1CC[C@@H]2[C@H]1OCCN2Cc1cccnc1. The summed E-state index contributed by atoms with van der Waals surface area (Å²) in [5.41, 5.74) is 1.26. The number of fused-ring (bicyclic) bond motifs is 1. The maximum absolute atomic E-state index is 9.37. The number of rotatable bonds is 3. The average Bonchev–Trinajstić information content (AvgIpc) is 2.84. The first-order valence-corrected chi connectivity index (χ1v) is 6.74. The van der Waals surface area contributed by atoms with Gasteiger partial charge in [-0.05, 0) is 24.5 Å². The van der Waals surface area contributed by atoms with E-state index in [0.717, 1.165) is 32.5 Å². The van der Waals surface area contributed by atoms with E-state index in [1.807, 2.05) is 18.5 Å². The van der Waals surface area contributed by atoms with Gasteiger partial charge in [0.05, 0.1) is 12.7 Å². The molecular formula is C14H20N2O2. The van der Waals surface area contributed by atoms with E-state index in [4.69, 9.17) is 4.74 Å². The van der Waals surface area contributed by atoms with E-state index < -0.39 is 0 Å². The molecule has 3 atom stereocenters. The Balaban J connectivity index is 1.69. The van der Waals surface area contributed by atoms with Crippen LogP contribution < -0.4 is 0 Å². The largest absolute Gasteiger partial charge is 0.396 e. The molecule has 2 fully saturated rings. The van der Waals surface area contributed by atoms with Crippen molar-refractivity contribution in [2.24, 2.45) is 5.92 Å². The number of aliphatic hydroxyl groups is 1. The van der Waals surface area contributed by atoms with Gasteiger partial charge in [-0.25, -0.2) is 0 Å². The van der Waals surface area contributed by atoms with Crippen molar-refractivity contribution in [2.75, 3.05) is 19.8 Å². The van der Waals surface area contributed by atoms with Crippen LogP contribution in [0.5, 0.6) is 0 Å².